The number of carbonyl (C=O) groups is 2. The number of aryl methyl sites for hydroxylation is 1. The largest absolute Gasteiger partial charge is 0.379 e. The minimum absolute atomic E-state index is 0.139. The standard InChI is InChI=1S/C16H20N6O5S/c1-4-12-19-21-15(22-20-12)18-14(24)16(2,25)9-28(26,27)11-7-5-10(6-8-11)13(23)17-3/h5-8,25H,4,9H2,1-3H3,(H,17,23)(H,18,21,22,24)/t16-/m0/s1. The lowest BCUT2D eigenvalue weighted by atomic mass is 10.1. The number of hydrogen-bond acceptors (Lipinski definition) is 9. The number of sulfone groups is 1. The van der Waals surface area contributed by atoms with Crippen LogP contribution in [-0.2, 0) is 21.1 Å². The first kappa shape index (κ1) is 21.3. The highest BCUT2D eigenvalue weighted by Gasteiger charge is 2.37. The topological polar surface area (TPSA) is 164 Å². The Labute approximate surface area is 161 Å². The molecule has 0 saturated heterocycles. The van der Waals surface area contributed by atoms with Crippen LogP contribution < -0.4 is 10.6 Å². The van der Waals surface area contributed by atoms with Crippen LogP contribution in [-0.4, -0.2) is 64.1 Å². The summed E-state index contributed by atoms with van der Waals surface area (Å²) in [5.41, 5.74) is -2.00. The van der Waals surface area contributed by atoms with Crippen molar-refractivity contribution in [3.8, 4) is 0 Å². The lowest BCUT2D eigenvalue weighted by Crippen LogP contribution is -2.46. The van der Waals surface area contributed by atoms with E-state index in [1.54, 1.807) is 6.92 Å². The van der Waals surface area contributed by atoms with Gasteiger partial charge in [-0.15, -0.1) is 20.4 Å². The Balaban J connectivity index is 2.13. The number of rotatable bonds is 7. The van der Waals surface area contributed by atoms with Gasteiger partial charge in [-0.2, -0.15) is 0 Å². The SMILES string of the molecule is CCc1nnc(NC(=O)[C@@](C)(O)CS(=O)(=O)c2ccc(C(=O)NC)cc2)nn1. The molecule has 0 spiro atoms. The van der Waals surface area contributed by atoms with Crippen molar-refractivity contribution in [2.45, 2.75) is 30.8 Å². The molecule has 0 bridgehead atoms. The number of nitrogens with zero attached hydrogens (tertiary/aromatic N) is 4. The van der Waals surface area contributed by atoms with Gasteiger partial charge in [0, 0.05) is 19.0 Å². The summed E-state index contributed by atoms with van der Waals surface area (Å²) in [4.78, 5) is 23.7. The van der Waals surface area contributed by atoms with Crippen LogP contribution in [0.15, 0.2) is 29.2 Å². The Morgan fingerprint density at radius 3 is 2.18 bits per heavy atom. The van der Waals surface area contributed by atoms with Crippen LogP contribution in [0, 0.1) is 0 Å². The molecule has 0 radical (unpaired) electrons. The van der Waals surface area contributed by atoms with E-state index >= 15 is 0 Å². The van der Waals surface area contributed by atoms with Crippen LogP contribution in [0.1, 0.15) is 30.0 Å². The first-order valence-corrected chi connectivity index (χ1v) is 9.89. The highest BCUT2D eigenvalue weighted by molar-refractivity contribution is 7.91. The molecule has 2 aromatic rings. The van der Waals surface area contributed by atoms with E-state index in [4.69, 9.17) is 0 Å². The molecule has 11 nitrogen and oxygen atoms in total. The maximum absolute atomic E-state index is 12.5. The number of nitrogens with one attached hydrogen (secondary N) is 2. The summed E-state index contributed by atoms with van der Waals surface area (Å²) in [6.07, 6.45) is 0.503. The van der Waals surface area contributed by atoms with Crippen molar-refractivity contribution in [3.05, 3.63) is 35.7 Å². The van der Waals surface area contributed by atoms with Crippen molar-refractivity contribution in [2.24, 2.45) is 0 Å². The van der Waals surface area contributed by atoms with Crippen LogP contribution in [0.4, 0.5) is 5.95 Å². The van der Waals surface area contributed by atoms with Crippen LogP contribution in [0.2, 0.25) is 0 Å². The Morgan fingerprint density at radius 2 is 1.68 bits per heavy atom. The second-order valence-corrected chi connectivity index (χ2v) is 8.07. The molecule has 28 heavy (non-hydrogen) atoms. The Hall–Kier alpha value is -2.99. The lowest BCUT2D eigenvalue weighted by Gasteiger charge is -2.21. The Kier molecular flexibility index (Phi) is 6.36. The highest BCUT2D eigenvalue weighted by Crippen LogP contribution is 2.18. The number of anilines is 1. The summed E-state index contributed by atoms with van der Waals surface area (Å²) in [5, 5.41) is 29.7. The van der Waals surface area contributed by atoms with E-state index in [0.29, 0.717) is 12.2 Å². The zero-order chi connectivity index (χ0) is 20.9. The normalized spacial score (nSPS) is 13.4. The summed E-state index contributed by atoms with van der Waals surface area (Å²) in [6, 6.07) is 5.13. The fourth-order valence-corrected chi connectivity index (χ4v) is 3.74. The van der Waals surface area contributed by atoms with Gasteiger partial charge in [0.2, 0.25) is 0 Å². The molecule has 1 heterocycles. The second-order valence-electron chi connectivity index (χ2n) is 6.08. The zero-order valence-corrected chi connectivity index (χ0v) is 16.3. The van der Waals surface area contributed by atoms with Gasteiger partial charge in [-0.25, -0.2) is 8.42 Å². The van der Waals surface area contributed by atoms with Crippen LogP contribution in [0.3, 0.4) is 0 Å². The molecule has 2 amide bonds. The Morgan fingerprint density at radius 1 is 1.11 bits per heavy atom. The maximum Gasteiger partial charge on any atom is 0.268 e. The molecular weight excluding hydrogens is 388 g/mol. The van der Waals surface area contributed by atoms with Crippen molar-refractivity contribution >= 4 is 27.6 Å². The fraction of sp³-hybridized carbons (Fsp3) is 0.375. The van der Waals surface area contributed by atoms with Gasteiger partial charge in [0.25, 0.3) is 17.8 Å². The van der Waals surface area contributed by atoms with Crippen molar-refractivity contribution in [3.63, 3.8) is 0 Å². The molecule has 3 N–H and O–H groups in total. The zero-order valence-electron chi connectivity index (χ0n) is 15.5. The van der Waals surface area contributed by atoms with Gasteiger partial charge in [-0.3, -0.25) is 14.9 Å². The van der Waals surface area contributed by atoms with Gasteiger partial charge in [-0.05, 0) is 31.2 Å². The summed E-state index contributed by atoms with van der Waals surface area (Å²) < 4.78 is 25.1. The van der Waals surface area contributed by atoms with Gasteiger partial charge >= 0.3 is 0 Å². The number of benzene rings is 1. The summed E-state index contributed by atoms with van der Waals surface area (Å²) in [5.74, 6) is -2.17. The quantitative estimate of drug-likeness (QED) is 0.540. The molecule has 0 aliphatic rings. The third kappa shape index (κ3) is 5.04. The third-order valence-corrected chi connectivity index (χ3v) is 5.66. The second kappa shape index (κ2) is 8.35. The van der Waals surface area contributed by atoms with Crippen LogP contribution >= 0.6 is 0 Å². The van der Waals surface area contributed by atoms with Gasteiger partial charge in [0.1, 0.15) is 0 Å². The molecule has 0 saturated carbocycles. The van der Waals surface area contributed by atoms with E-state index in [0.717, 1.165) is 6.92 Å². The first-order valence-electron chi connectivity index (χ1n) is 8.24. The minimum atomic E-state index is -4.03. The number of carbonyl (C=O) groups excluding carboxylic acids is 2. The minimum Gasteiger partial charge on any atom is -0.379 e. The third-order valence-electron chi connectivity index (χ3n) is 3.72. The van der Waals surface area contributed by atoms with E-state index < -0.39 is 27.1 Å². The van der Waals surface area contributed by atoms with Crippen LogP contribution in [0.5, 0.6) is 0 Å². The Bertz CT molecular complexity index is 958. The summed E-state index contributed by atoms with van der Waals surface area (Å²) >= 11 is 0. The van der Waals surface area contributed by atoms with E-state index in [9.17, 15) is 23.1 Å². The smallest absolute Gasteiger partial charge is 0.268 e. The average molecular weight is 408 g/mol. The van der Waals surface area contributed by atoms with Gasteiger partial charge in [-0.1, -0.05) is 6.92 Å². The fourth-order valence-electron chi connectivity index (χ4n) is 2.15. The van der Waals surface area contributed by atoms with E-state index in [1.165, 1.54) is 31.3 Å². The molecule has 2 rings (SSSR count). The molecule has 1 atom stereocenters. The highest BCUT2D eigenvalue weighted by atomic mass is 32.2. The monoisotopic (exact) mass is 408 g/mol. The number of aliphatic hydroxyl groups is 1. The predicted octanol–water partition coefficient (Wildman–Crippen LogP) is -0.648. The van der Waals surface area contributed by atoms with Crippen molar-refractivity contribution in [2.75, 3.05) is 18.1 Å². The van der Waals surface area contributed by atoms with Crippen LogP contribution in [0.25, 0.3) is 0 Å². The first-order chi connectivity index (χ1) is 13.1. The summed E-state index contributed by atoms with van der Waals surface area (Å²) in [6.45, 7) is 2.86. The summed E-state index contributed by atoms with van der Waals surface area (Å²) in [7, 11) is -2.58. The molecule has 12 heteroatoms. The van der Waals surface area contributed by atoms with Crippen molar-refractivity contribution in [1.29, 1.82) is 0 Å². The number of hydrogen-bond donors (Lipinski definition) is 3. The molecule has 0 unspecified atom stereocenters. The number of aromatic nitrogens is 4. The van der Waals surface area contributed by atoms with Crippen molar-refractivity contribution < 1.29 is 23.1 Å². The van der Waals surface area contributed by atoms with Gasteiger partial charge in [0.05, 0.1) is 10.6 Å². The molecule has 0 aliphatic heterocycles. The molecule has 0 aliphatic carbocycles. The predicted molar refractivity (Wildman–Crippen MR) is 98.1 cm³/mol. The van der Waals surface area contributed by atoms with Gasteiger partial charge < -0.3 is 10.4 Å². The van der Waals surface area contributed by atoms with E-state index in [2.05, 4.69) is 31.0 Å². The lowest BCUT2D eigenvalue weighted by molar-refractivity contribution is -0.130. The maximum atomic E-state index is 12.5. The van der Waals surface area contributed by atoms with E-state index in [1.807, 2.05) is 0 Å². The number of amides is 2. The molecule has 1 aromatic heterocycles. The molecular formula is C16H20N6O5S. The van der Waals surface area contributed by atoms with Gasteiger partial charge in [0.15, 0.2) is 21.3 Å². The molecule has 150 valence electrons. The average Bonchev–Trinajstić information content (AvgIpc) is 2.67. The van der Waals surface area contributed by atoms with E-state index in [-0.39, 0.29) is 22.3 Å². The molecule has 0 fully saturated rings. The van der Waals surface area contributed by atoms with Crippen molar-refractivity contribution in [1.82, 2.24) is 25.7 Å². The molecule has 1 aromatic carbocycles.